The molecular weight excluding hydrogens is 569 g/mol. The van der Waals surface area contributed by atoms with Crippen molar-refractivity contribution in [2.75, 3.05) is 0 Å². The maximum atomic E-state index is 13.5. The van der Waals surface area contributed by atoms with Gasteiger partial charge in [-0.2, -0.15) is 0 Å². The number of halogens is 1. The number of nitrogens with one attached hydrogen (secondary N) is 1. The largest absolute Gasteiger partial charge is 0.350 e. The number of sulfonamides is 1. The zero-order valence-electron chi connectivity index (χ0n) is 20.3. The summed E-state index contributed by atoms with van der Waals surface area (Å²) in [5, 5.41) is 0. The molecule has 0 atom stereocenters. The Hall–Kier alpha value is -1.87. The second-order valence-electron chi connectivity index (χ2n) is 10.2. The summed E-state index contributed by atoms with van der Waals surface area (Å²) < 4.78 is 31.0. The predicted molar refractivity (Wildman–Crippen MR) is 151 cm³/mol. The third kappa shape index (κ3) is 5.31. The highest BCUT2D eigenvalue weighted by atomic mass is 127. The van der Waals surface area contributed by atoms with E-state index in [0.717, 1.165) is 46.0 Å². The van der Waals surface area contributed by atoms with Crippen LogP contribution in [0.4, 0.5) is 0 Å². The minimum atomic E-state index is -3.77. The van der Waals surface area contributed by atoms with Gasteiger partial charge in [0, 0.05) is 21.4 Å². The van der Waals surface area contributed by atoms with Crippen molar-refractivity contribution in [2.24, 2.45) is 4.99 Å². The van der Waals surface area contributed by atoms with Crippen molar-refractivity contribution < 1.29 is 8.42 Å². The first kappa shape index (κ1) is 24.8. The second-order valence-corrected chi connectivity index (χ2v) is 13.1. The van der Waals surface area contributed by atoms with Crippen LogP contribution in [0.25, 0.3) is 5.57 Å². The van der Waals surface area contributed by atoms with Crippen molar-refractivity contribution in [3.8, 4) is 0 Å². The van der Waals surface area contributed by atoms with Crippen molar-refractivity contribution in [2.45, 2.75) is 87.7 Å². The smallest absolute Gasteiger partial charge is 0.263 e. The third-order valence-corrected chi connectivity index (χ3v) is 9.74. The van der Waals surface area contributed by atoms with Crippen LogP contribution in [0, 0.1) is 10.5 Å². The molecule has 0 bridgehead atoms. The van der Waals surface area contributed by atoms with Gasteiger partial charge in [-0.3, -0.25) is 4.72 Å². The minimum absolute atomic E-state index is 0.264. The number of hydrogen-bond donors (Lipinski definition) is 1. The van der Waals surface area contributed by atoms with Crippen LogP contribution in [-0.4, -0.2) is 30.9 Å². The Morgan fingerprint density at radius 3 is 2.20 bits per heavy atom. The molecule has 1 N–H and O–H groups in total. The van der Waals surface area contributed by atoms with Crippen LogP contribution >= 0.6 is 22.6 Å². The molecular formula is C28H34IN3O2S. The third-order valence-electron chi connectivity index (χ3n) is 7.66. The maximum Gasteiger partial charge on any atom is 0.263 e. The summed E-state index contributed by atoms with van der Waals surface area (Å²) in [6.45, 7) is 1.96. The summed E-state index contributed by atoms with van der Waals surface area (Å²) in [5.74, 6) is 0.473. The summed E-state index contributed by atoms with van der Waals surface area (Å²) in [7, 11) is -3.77. The van der Waals surface area contributed by atoms with E-state index in [2.05, 4.69) is 62.7 Å². The zero-order chi connectivity index (χ0) is 24.5. The van der Waals surface area contributed by atoms with Gasteiger partial charge in [-0.05, 0) is 97.9 Å². The summed E-state index contributed by atoms with van der Waals surface area (Å²) in [6.07, 6.45) is 13.8. The summed E-state index contributed by atoms with van der Waals surface area (Å²) in [6, 6.07) is 15.7. The standard InChI is InChI=1S/C28H34IN3O2S/c1-21-10-16-25(17-11-21)35(33,34)31-27-26(22-12-14-23(29)15-13-22)20-32(24-8-4-2-5-9-24)28(30-27)18-6-3-7-19-28/h10-17,20,24H,2-9,18-19H2,1H3,(H,30,31). The Labute approximate surface area is 223 Å². The fraction of sp³-hybridized carbons (Fsp3) is 0.464. The highest BCUT2D eigenvalue weighted by molar-refractivity contribution is 14.1. The fourth-order valence-electron chi connectivity index (χ4n) is 5.76. The predicted octanol–water partition coefficient (Wildman–Crippen LogP) is 6.63. The van der Waals surface area contributed by atoms with Gasteiger partial charge in [0.25, 0.3) is 10.0 Å². The normalized spacial score (nSPS) is 20.9. The first-order chi connectivity index (χ1) is 16.9. The molecule has 2 aliphatic carbocycles. The van der Waals surface area contributed by atoms with Gasteiger partial charge in [0.1, 0.15) is 11.5 Å². The van der Waals surface area contributed by atoms with Crippen molar-refractivity contribution in [1.82, 2.24) is 9.62 Å². The van der Waals surface area contributed by atoms with Crippen LogP contribution in [0.15, 0.2) is 64.6 Å². The van der Waals surface area contributed by atoms with Gasteiger partial charge in [0.05, 0.1) is 4.90 Å². The van der Waals surface area contributed by atoms with E-state index in [1.165, 1.54) is 38.5 Å². The quantitative estimate of drug-likeness (QED) is 0.400. The minimum Gasteiger partial charge on any atom is -0.350 e. The van der Waals surface area contributed by atoms with Gasteiger partial charge in [0.2, 0.25) is 0 Å². The number of amidine groups is 1. The summed E-state index contributed by atoms with van der Waals surface area (Å²) in [4.78, 5) is 8.11. The van der Waals surface area contributed by atoms with E-state index in [1.807, 2.05) is 19.1 Å². The van der Waals surface area contributed by atoms with Crippen molar-refractivity contribution in [3.05, 3.63) is 69.4 Å². The Balaban J connectivity index is 1.59. The SMILES string of the molecule is Cc1ccc(S(=O)(=O)NC2=NC3(CCCCC3)N(C3CCCCC3)C=C2c2ccc(I)cc2)cc1. The van der Waals surface area contributed by atoms with E-state index in [-0.39, 0.29) is 10.6 Å². The first-order valence-electron chi connectivity index (χ1n) is 12.8. The molecule has 0 radical (unpaired) electrons. The monoisotopic (exact) mass is 603 g/mol. The van der Waals surface area contributed by atoms with Gasteiger partial charge in [-0.25, -0.2) is 13.4 Å². The van der Waals surface area contributed by atoms with Gasteiger partial charge in [-0.1, -0.05) is 55.5 Å². The van der Waals surface area contributed by atoms with E-state index >= 15 is 0 Å². The molecule has 2 aromatic carbocycles. The van der Waals surface area contributed by atoms with Crippen LogP contribution in [0.1, 0.15) is 75.3 Å². The molecule has 0 amide bonds. The van der Waals surface area contributed by atoms with Crippen molar-refractivity contribution >= 4 is 44.0 Å². The molecule has 0 unspecified atom stereocenters. The summed E-state index contributed by atoms with van der Waals surface area (Å²) in [5.41, 5.74) is 2.52. The van der Waals surface area contributed by atoms with Gasteiger partial charge in [0.15, 0.2) is 0 Å². The number of rotatable bonds is 4. The number of aliphatic imine (C=N–C) groups is 1. The Bertz CT molecular complexity index is 1210. The number of aryl methyl sites for hydroxylation is 1. The highest BCUT2D eigenvalue weighted by Gasteiger charge is 2.43. The maximum absolute atomic E-state index is 13.5. The second kappa shape index (κ2) is 10.2. The molecule has 0 aromatic heterocycles. The number of hydrogen-bond acceptors (Lipinski definition) is 4. The molecule has 2 fully saturated rings. The molecule has 2 saturated carbocycles. The number of nitrogens with zero attached hydrogens (tertiary/aromatic N) is 2. The lowest BCUT2D eigenvalue weighted by atomic mass is 9.83. The van der Waals surface area contributed by atoms with Crippen molar-refractivity contribution in [1.29, 1.82) is 0 Å². The highest BCUT2D eigenvalue weighted by Crippen LogP contribution is 2.43. The molecule has 3 aliphatic rings. The van der Waals surface area contributed by atoms with Crippen LogP contribution < -0.4 is 4.72 Å². The lowest BCUT2D eigenvalue weighted by molar-refractivity contribution is 0.0477. The van der Waals surface area contributed by atoms with Crippen molar-refractivity contribution in [3.63, 3.8) is 0 Å². The van der Waals surface area contributed by atoms with Crippen LogP contribution in [-0.2, 0) is 10.0 Å². The average molecular weight is 604 g/mol. The average Bonchev–Trinajstić information content (AvgIpc) is 2.86. The zero-order valence-corrected chi connectivity index (χ0v) is 23.3. The van der Waals surface area contributed by atoms with E-state index in [9.17, 15) is 8.42 Å². The lowest BCUT2D eigenvalue weighted by Crippen LogP contribution is -2.55. The van der Waals surface area contributed by atoms with Gasteiger partial charge < -0.3 is 4.90 Å². The van der Waals surface area contributed by atoms with Crippen LogP contribution in [0.3, 0.4) is 0 Å². The van der Waals surface area contributed by atoms with Gasteiger partial charge >= 0.3 is 0 Å². The molecule has 5 rings (SSSR count). The number of benzene rings is 2. The van der Waals surface area contributed by atoms with E-state index in [0.29, 0.717) is 11.9 Å². The van der Waals surface area contributed by atoms with E-state index in [1.54, 1.807) is 12.1 Å². The molecule has 5 nitrogen and oxygen atoms in total. The fourth-order valence-corrected chi connectivity index (χ4v) is 7.14. The van der Waals surface area contributed by atoms with Gasteiger partial charge in [-0.15, -0.1) is 0 Å². The molecule has 1 spiro atoms. The molecule has 0 saturated heterocycles. The Morgan fingerprint density at radius 2 is 1.54 bits per heavy atom. The summed E-state index contributed by atoms with van der Waals surface area (Å²) >= 11 is 2.30. The van der Waals surface area contributed by atoms with E-state index < -0.39 is 10.0 Å². The first-order valence-corrected chi connectivity index (χ1v) is 15.4. The topological polar surface area (TPSA) is 61.8 Å². The molecule has 7 heteroatoms. The molecule has 186 valence electrons. The molecule has 1 heterocycles. The Kier molecular flexibility index (Phi) is 7.26. The van der Waals surface area contributed by atoms with E-state index in [4.69, 9.17) is 4.99 Å². The molecule has 2 aromatic rings. The Morgan fingerprint density at radius 1 is 0.914 bits per heavy atom. The van der Waals surface area contributed by atoms with Crippen LogP contribution in [0.2, 0.25) is 0 Å². The lowest BCUT2D eigenvalue weighted by Gasteiger charge is -2.50. The molecule has 1 aliphatic heterocycles. The molecule has 35 heavy (non-hydrogen) atoms. The van der Waals surface area contributed by atoms with Crippen LogP contribution in [0.5, 0.6) is 0 Å².